The molecule has 2 aromatic carbocycles. The summed E-state index contributed by atoms with van der Waals surface area (Å²) in [4.78, 5) is 22.8. The molecule has 0 saturated heterocycles. The number of hydrogen-bond acceptors (Lipinski definition) is 6. The maximum absolute atomic E-state index is 12.0. The van der Waals surface area contributed by atoms with Gasteiger partial charge in [0, 0.05) is 22.2 Å². The zero-order valence-corrected chi connectivity index (χ0v) is 13.3. The van der Waals surface area contributed by atoms with E-state index in [0.29, 0.717) is 16.0 Å². The third kappa shape index (κ3) is 3.69. The van der Waals surface area contributed by atoms with Crippen molar-refractivity contribution in [3.8, 4) is 5.75 Å². The van der Waals surface area contributed by atoms with E-state index >= 15 is 0 Å². The first-order valence-corrected chi connectivity index (χ1v) is 7.98. The van der Waals surface area contributed by atoms with Crippen LogP contribution in [0.15, 0.2) is 54.6 Å². The molecule has 24 heavy (non-hydrogen) atoms. The molecular formula is C17H13NO5S. The molecule has 0 unspecified atom stereocenters. The number of nitro benzene ring substituents is 1. The molecule has 122 valence electrons. The van der Waals surface area contributed by atoms with Crippen molar-refractivity contribution in [2.75, 3.05) is 13.2 Å². The van der Waals surface area contributed by atoms with Gasteiger partial charge < -0.3 is 9.47 Å². The van der Waals surface area contributed by atoms with Gasteiger partial charge in [0.25, 0.3) is 5.69 Å². The lowest BCUT2D eigenvalue weighted by Gasteiger charge is -2.06. The predicted molar refractivity (Wildman–Crippen MR) is 90.7 cm³/mol. The molecule has 1 aromatic heterocycles. The quantitative estimate of drug-likeness (QED) is 0.292. The number of nitro groups is 1. The zero-order valence-electron chi connectivity index (χ0n) is 12.5. The summed E-state index contributed by atoms with van der Waals surface area (Å²) in [7, 11) is 0. The van der Waals surface area contributed by atoms with Gasteiger partial charge in [0.15, 0.2) is 0 Å². The largest absolute Gasteiger partial charge is 0.490 e. The number of esters is 1. The second-order valence-corrected chi connectivity index (χ2v) is 5.97. The average molecular weight is 343 g/mol. The minimum atomic E-state index is -0.462. The monoisotopic (exact) mass is 343 g/mol. The van der Waals surface area contributed by atoms with E-state index in [9.17, 15) is 14.9 Å². The Balaban J connectivity index is 1.58. The van der Waals surface area contributed by atoms with Crippen LogP contribution in [0.2, 0.25) is 0 Å². The Morgan fingerprint density at radius 2 is 1.88 bits per heavy atom. The molecule has 6 nitrogen and oxygen atoms in total. The van der Waals surface area contributed by atoms with Crippen molar-refractivity contribution >= 4 is 33.1 Å². The Kier molecular flexibility index (Phi) is 4.72. The summed E-state index contributed by atoms with van der Waals surface area (Å²) < 4.78 is 11.4. The van der Waals surface area contributed by atoms with E-state index in [2.05, 4.69) is 0 Å². The van der Waals surface area contributed by atoms with E-state index in [1.807, 2.05) is 30.3 Å². The average Bonchev–Trinajstić information content (AvgIpc) is 3.02. The highest BCUT2D eigenvalue weighted by atomic mass is 32.1. The minimum Gasteiger partial charge on any atom is -0.490 e. The van der Waals surface area contributed by atoms with Crippen LogP contribution in [0, 0.1) is 10.1 Å². The van der Waals surface area contributed by atoms with Gasteiger partial charge in [-0.15, -0.1) is 11.3 Å². The molecule has 0 amide bonds. The van der Waals surface area contributed by atoms with E-state index in [1.54, 1.807) is 12.1 Å². The smallest absolute Gasteiger partial charge is 0.348 e. The minimum absolute atomic E-state index is 0.00326. The Morgan fingerprint density at radius 1 is 1.08 bits per heavy atom. The zero-order chi connectivity index (χ0) is 16.9. The number of nitrogens with zero attached hydrogens (tertiary/aromatic N) is 1. The highest BCUT2D eigenvalue weighted by Crippen LogP contribution is 2.29. The van der Waals surface area contributed by atoms with E-state index in [-0.39, 0.29) is 18.9 Å². The van der Waals surface area contributed by atoms with E-state index in [1.165, 1.54) is 23.5 Å². The summed E-state index contributed by atoms with van der Waals surface area (Å²) >= 11 is 1.24. The Labute approximate surface area is 141 Å². The van der Waals surface area contributed by atoms with Crippen molar-refractivity contribution in [3.63, 3.8) is 0 Å². The molecule has 3 aromatic rings. The van der Waals surface area contributed by atoms with Gasteiger partial charge in [-0.1, -0.05) is 18.2 Å². The van der Waals surface area contributed by atoms with Crippen LogP contribution in [0.4, 0.5) is 5.69 Å². The van der Waals surface area contributed by atoms with Crippen molar-refractivity contribution in [1.29, 1.82) is 0 Å². The van der Waals surface area contributed by atoms with Gasteiger partial charge in [-0.3, -0.25) is 10.1 Å². The van der Waals surface area contributed by atoms with Crippen LogP contribution in [-0.4, -0.2) is 24.1 Å². The van der Waals surface area contributed by atoms with E-state index in [0.717, 1.165) is 4.70 Å². The highest BCUT2D eigenvalue weighted by molar-refractivity contribution is 7.20. The fourth-order valence-electron chi connectivity index (χ4n) is 2.13. The number of rotatable bonds is 6. The number of ether oxygens (including phenoxy) is 2. The lowest BCUT2D eigenvalue weighted by Crippen LogP contribution is -2.11. The van der Waals surface area contributed by atoms with Crippen LogP contribution in [0.5, 0.6) is 5.75 Å². The summed E-state index contributed by atoms with van der Waals surface area (Å²) in [5.74, 6) is 0.248. The molecule has 0 bridgehead atoms. The molecule has 1 heterocycles. The number of benzene rings is 2. The molecule has 0 N–H and O–H groups in total. The van der Waals surface area contributed by atoms with Gasteiger partial charge in [-0.2, -0.15) is 0 Å². The van der Waals surface area contributed by atoms with Gasteiger partial charge in [-0.25, -0.2) is 4.79 Å². The number of thiophene rings is 1. The van der Waals surface area contributed by atoms with Crippen molar-refractivity contribution in [1.82, 2.24) is 0 Å². The summed E-state index contributed by atoms with van der Waals surface area (Å²) in [6, 6.07) is 15.3. The van der Waals surface area contributed by atoms with Crippen LogP contribution in [0.3, 0.4) is 0 Å². The molecule has 0 fully saturated rings. The van der Waals surface area contributed by atoms with E-state index < -0.39 is 10.9 Å². The topological polar surface area (TPSA) is 78.7 Å². The first-order chi connectivity index (χ1) is 11.6. The van der Waals surface area contributed by atoms with Crippen molar-refractivity contribution in [2.45, 2.75) is 0 Å². The Morgan fingerprint density at radius 3 is 2.62 bits per heavy atom. The fourth-order valence-corrected chi connectivity index (χ4v) is 3.06. The molecule has 3 rings (SSSR count). The second kappa shape index (κ2) is 7.10. The second-order valence-electron chi connectivity index (χ2n) is 4.89. The first kappa shape index (κ1) is 15.9. The molecule has 0 aliphatic heterocycles. The molecule has 0 spiro atoms. The van der Waals surface area contributed by atoms with Gasteiger partial charge in [0.1, 0.15) is 23.8 Å². The number of carbonyl (C=O) groups excluding carboxylic acids is 1. The molecule has 0 atom stereocenters. The maximum Gasteiger partial charge on any atom is 0.348 e. The maximum atomic E-state index is 12.0. The number of para-hydroxylation sites is 1. The molecule has 0 radical (unpaired) electrons. The fraction of sp³-hybridized carbons (Fsp3) is 0.118. The van der Waals surface area contributed by atoms with Crippen LogP contribution in [-0.2, 0) is 4.74 Å². The summed E-state index contributed by atoms with van der Waals surface area (Å²) in [6.45, 7) is 0.383. The highest BCUT2D eigenvalue weighted by Gasteiger charge is 2.14. The normalized spacial score (nSPS) is 10.5. The van der Waals surface area contributed by atoms with E-state index in [4.69, 9.17) is 9.47 Å². The first-order valence-electron chi connectivity index (χ1n) is 7.16. The van der Waals surface area contributed by atoms with Crippen LogP contribution in [0.1, 0.15) is 9.67 Å². The van der Waals surface area contributed by atoms with Crippen molar-refractivity contribution < 1.29 is 19.2 Å². The Hall–Kier alpha value is -2.93. The van der Waals surface area contributed by atoms with Crippen molar-refractivity contribution in [3.05, 3.63) is 69.6 Å². The number of fused-ring (bicyclic) bond motifs is 1. The lowest BCUT2D eigenvalue weighted by molar-refractivity contribution is -0.384. The Bertz CT molecular complexity index is 875. The number of non-ortho nitro benzene ring substituents is 1. The predicted octanol–water partition coefficient (Wildman–Crippen LogP) is 4.05. The molecular weight excluding hydrogens is 330 g/mol. The standard InChI is InChI=1S/C17H13NO5S/c19-17(23-9-8-22-14-4-2-1-3-5-14)16-11-12-10-13(18(20)21)6-7-15(12)24-16/h1-7,10-11H,8-9H2. The van der Waals surface area contributed by atoms with Gasteiger partial charge >= 0.3 is 5.97 Å². The summed E-state index contributed by atoms with van der Waals surface area (Å²) in [5, 5.41) is 11.4. The van der Waals surface area contributed by atoms with Crippen molar-refractivity contribution in [2.24, 2.45) is 0 Å². The number of hydrogen-bond donors (Lipinski definition) is 0. The van der Waals surface area contributed by atoms with Gasteiger partial charge in [-0.05, 0) is 24.3 Å². The lowest BCUT2D eigenvalue weighted by atomic mass is 10.2. The van der Waals surface area contributed by atoms with Gasteiger partial charge in [0.05, 0.1) is 4.92 Å². The third-order valence-electron chi connectivity index (χ3n) is 3.24. The van der Waals surface area contributed by atoms with Crippen LogP contribution in [0.25, 0.3) is 10.1 Å². The molecule has 0 saturated carbocycles. The molecule has 0 aliphatic carbocycles. The van der Waals surface area contributed by atoms with Gasteiger partial charge in [0.2, 0.25) is 0 Å². The SMILES string of the molecule is O=C(OCCOc1ccccc1)c1cc2cc([N+](=O)[O-])ccc2s1. The molecule has 7 heteroatoms. The third-order valence-corrected chi connectivity index (χ3v) is 4.34. The summed E-state index contributed by atoms with van der Waals surface area (Å²) in [5.41, 5.74) is -0.00326. The van der Waals surface area contributed by atoms with Crippen LogP contribution >= 0.6 is 11.3 Å². The van der Waals surface area contributed by atoms with Crippen LogP contribution < -0.4 is 4.74 Å². The molecule has 0 aliphatic rings. The summed E-state index contributed by atoms with van der Waals surface area (Å²) in [6.07, 6.45) is 0. The number of carbonyl (C=O) groups is 1.